The smallest absolute Gasteiger partial charge is 0.125 e. The molecule has 0 bridgehead atoms. The van der Waals surface area contributed by atoms with Gasteiger partial charge in [-0.1, -0.05) is 6.92 Å². The number of thiazole rings is 1. The molecular formula is C15H26N2OS. The molecule has 0 atom stereocenters. The van der Waals surface area contributed by atoms with Gasteiger partial charge in [0.05, 0.1) is 5.69 Å². The molecule has 108 valence electrons. The first-order valence-electron chi connectivity index (χ1n) is 7.42. The Labute approximate surface area is 120 Å². The molecule has 0 saturated heterocycles. The van der Waals surface area contributed by atoms with Crippen molar-refractivity contribution in [3.8, 4) is 0 Å². The summed E-state index contributed by atoms with van der Waals surface area (Å²) in [5, 5.41) is 1.18. The van der Waals surface area contributed by atoms with Gasteiger partial charge in [0.15, 0.2) is 0 Å². The van der Waals surface area contributed by atoms with Crippen LogP contribution >= 0.6 is 11.3 Å². The summed E-state index contributed by atoms with van der Waals surface area (Å²) in [6.45, 7) is 7.97. The fourth-order valence-corrected chi connectivity index (χ4v) is 4.19. The zero-order valence-corrected chi connectivity index (χ0v) is 13.2. The molecule has 0 unspecified atom stereocenters. The quantitative estimate of drug-likeness (QED) is 0.900. The zero-order chi connectivity index (χ0) is 13.9. The summed E-state index contributed by atoms with van der Waals surface area (Å²) in [6.07, 6.45) is 5.63. The maximum atomic E-state index is 6.17. The third-order valence-electron chi connectivity index (χ3n) is 4.16. The third-order valence-corrected chi connectivity index (χ3v) is 5.56. The summed E-state index contributed by atoms with van der Waals surface area (Å²) in [7, 11) is 0. The van der Waals surface area contributed by atoms with Crippen LogP contribution in [0.5, 0.6) is 0 Å². The second kappa shape index (κ2) is 6.33. The van der Waals surface area contributed by atoms with Crippen LogP contribution in [-0.4, -0.2) is 18.1 Å². The molecule has 0 amide bonds. The third kappa shape index (κ3) is 3.18. The minimum Gasteiger partial charge on any atom is -0.368 e. The predicted octanol–water partition coefficient (Wildman–Crippen LogP) is 3.39. The Morgan fingerprint density at radius 2 is 2.11 bits per heavy atom. The van der Waals surface area contributed by atoms with Crippen molar-refractivity contribution in [2.75, 3.05) is 13.2 Å². The fraction of sp³-hybridized carbons (Fsp3) is 0.800. The van der Waals surface area contributed by atoms with Crippen LogP contribution in [0.25, 0.3) is 0 Å². The van der Waals surface area contributed by atoms with Gasteiger partial charge in [-0.15, -0.1) is 11.3 Å². The Hall–Kier alpha value is -0.450. The Morgan fingerprint density at radius 3 is 2.68 bits per heavy atom. The topological polar surface area (TPSA) is 48.1 Å². The molecule has 1 aromatic heterocycles. The summed E-state index contributed by atoms with van der Waals surface area (Å²) in [5.74, 6) is 0.818. The van der Waals surface area contributed by atoms with Crippen molar-refractivity contribution in [1.82, 2.24) is 4.98 Å². The minimum atomic E-state index is -0.121. The molecule has 0 aromatic carbocycles. The highest BCUT2D eigenvalue weighted by atomic mass is 32.1. The number of rotatable bonds is 5. The number of hydrogen-bond donors (Lipinski definition) is 1. The van der Waals surface area contributed by atoms with Crippen LogP contribution in [0, 0.1) is 12.8 Å². The molecule has 1 fully saturated rings. The first kappa shape index (κ1) is 14.9. The Balaban J connectivity index is 2.25. The summed E-state index contributed by atoms with van der Waals surface area (Å²) in [4.78, 5) is 6.14. The van der Waals surface area contributed by atoms with Gasteiger partial charge in [-0.25, -0.2) is 4.98 Å². The molecule has 1 aliphatic carbocycles. The van der Waals surface area contributed by atoms with E-state index in [1.54, 1.807) is 0 Å². The van der Waals surface area contributed by atoms with E-state index in [2.05, 4.69) is 20.8 Å². The van der Waals surface area contributed by atoms with Crippen LogP contribution in [0.15, 0.2) is 0 Å². The molecule has 4 heteroatoms. The van der Waals surface area contributed by atoms with Crippen LogP contribution < -0.4 is 5.73 Å². The predicted molar refractivity (Wildman–Crippen MR) is 80.5 cm³/mol. The molecule has 0 aliphatic heterocycles. The molecule has 1 saturated carbocycles. The van der Waals surface area contributed by atoms with Gasteiger partial charge in [0.1, 0.15) is 10.6 Å². The highest BCUT2D eigenvalue weighted by Gasteiger charge is 2.39. The second-order valence-electron chi connectivity index (χ2n) is 5.68. The first-order valence-corrected chi connectivity index (χ1v) is 8.23. The number of aromatic nitrogens is 1. The van der Waals surface area contributed by atoms with Crippen LogP contribution in [0.3, 0.4) is 0 Å². The first-order chi connectivity index (χ1) is 9.11. The molecular weight excluding hydrogens is 256 g/mol. The van der Waals surface area contributed by atoms with E-state index in [0.717, 1.165) is 37.5 Å². The normalized spacial score (nSPS) is 27.7. The van der Waals surface area contributed by atoms with Crippen molar-refractivity contribution in [2.24, 2.45) is 11.7 Å². The zero-order valence-electron chi connectivity index (χ0n) is 12.4. The SMILES string of the molecule is CCOC1(c2nc(C)c(CCN)s2)CCC(C)CC1. The van der Waals surface area contributed by atoms with E-state index in [9.17, 15) is 0 Å². The number of hydrogen-bond acceptors (Lipinski definition) is 4. The minimum absolute atomic E-state index is 0.121. The lowest BCUT2D eigenvalue weighted by Crippen LogP contribution is -2.34. The molecule has 1 aromatic rings. The lowest BCUT2D eigenvalue weighted by atomic mass is 9.79. The van der Waals surface area contributed by atoms with Crippen molar-refractivity contribution in [3.05, 3.63) is 15.6 Å². The van der Waals surface area contributed by atoms with E-state index in [1.165, 1.54) is 22.7 Å². The number of ether oxygens (including phenoxy) is 1. The van der Waals surface area contributed by atoms with E-state index in [-0.39, 0.29) is 5.60 Å². The fourth-order valence-electron chi connectivity index (χ4n) is 2.91. The van der Waals surface area contributed by atoms with Crippen LogP contribution in [0.2, 0.25) is 0 Å². The van der Waals surface area contributed by atoms with Gasteiger partial charge in [-0.05, 0) is 58.4 Å². The average Bonchev–Trinajstić information content (AvgIpc) is 2.76. The van der Waals surface area contributed by atoms with Crippen molar-refractivity contribution < 1.29 is 4.74 Å². The second-order valence-corrected chi connectivity index (χ2v) is 6.76. The van der Waals surface area contributed by atoms with E-state index in [1.807, 2.05) is 11.3 Å². The largest absolute Gasteiger partial charge is 0.368 e. The number of nitrogens with two attached hydrogens (primary N) is 1. The van der Waals surface area contributed by atoms with E-state index >= 15 is 0 Å². The molecule has 1 aliphatic rings. The number of nitrogens with zero attached hydrogens (tertiary/aromatic N) is 1. The lowest BCUT2D eigenvalue weighted by Gasteiger charge is -2.37. The maximum absolute atomic E-state index is 6.17. The molecule has 3 nitrogen and oxygen atoms in total. The van der Waals surface area contributed by atoms with Crippen molar-refractivity contribution >= 4 is 11.3 Å². The van der Waals surface area contributed by atoms with Crippen molar-refractivity contribution in [1.29, 1.82) is 0 Å². The van der Waals surface area contributed by atoms with Crippen LogP contribution in [0.4, 0.5) is 0 Å². The molecule has 1 heterocycles. The van der Waals surface area contributed by atoms with E-state index in [4.69, 9.17) is 15.5 Å². The van der Waals surface area contributed by atoms with Gasteiger partial charge in [-0.3, -0.25) is 0 Å². The molecule has 2 N–H and O–H groups in total. The average molecular weight is 282 g/mol. The van der Waals surface area contributed by atoms with Gasteiger partial charge in [0, 0.05) is 11.5 Å². The molecule has 19 heavy (non-hydrogen) atoms. The highest BCUT2D eigenvalue weighted by molar-refractivity contribution is 7.11. The summed E-state index contributed by atoms with van der Waals surface area (Å²) in [5.41, 5.74) is 6.69. The van der Waals surface area contributed by atoms with Gasteiger partial charge in [0.25, 0.3) is 0 Å². The Bertz CT molecular complexity index is 408. The van der Waals surface area contributed by atoms with Crippen LogP contribution in [-0.2, 0) is 16.8 Å². The van der Waals surface area contributed by atoms with Gasteiger partial charge >= 0.3 is 0 Å². The van der Waals surface area contributed by atoms with Crippen LogP contribution in [0.1, 0.15) is 55.1 Å². The standard InChI is InChI=1S/C15H26N2OS/c1-4-18-15(8-5-11(2)6-9-15)14-17-12(3)13(19-14)7-10-16/h11H,4-10,16H2,1-3H3. The van der Waals surface area contributed by atoms with Gasteiger partial charge in [-0.2, -0.15) is 0 Å². The van der Waals surface area contributed by atoms with Crippen molar-refractivity contribution in [2.45, 2.75) is 58.5 Å². The van der Waals surface area contributed by atoms with Crippen molar-refractivity contribution in [3.63, 3.8) is 0 Å². The van der Waals surface area contributed by atoms with Gasteiger partial charge < -0.3 is 10.5 Å². The highest BCUT2D eigenvalue weighted by Crippen LogP contribution is 2.44. The maximum Gasteiger partial charge on any atom is 0.125 e. The Morgan fingerprint density at radius 1 is 1.42 bits per heavy atom. The summed E-state index contributed by atoms with van der Waals surface area (Å²) < 4.78 is 6.17. The monoisotopic (exact) mass is 282 g/mol. The number of aryl methyl sites for hydroxylation is 1. The molecule has 0 spiro atoms. The van der Waals surface area contributed by atoms with Gasteiger partial charge in [0.2, 0.25) is 0 Å². The molecule has 0 radical (unpaired) electrons. The van der Waals surface area contributed by atoms with E-state index < -0.39 is 0 Å². The summed E-state index contributed by atoms with van der Waals surface area (Å²) >= 11 is 1.81. The summed E-state index contributed by atoms with van der Waals surface area (Å²) in [6, 6.07) is 0. The Kier molecular flexibility index (Phi) is 4.98. The van der Waals surface area contributed by atoms with E-state index in [0.29, 0.717) is 6.54 Å². The lowest BCUT2D eigenvalue weighted by molar-refractivity contribution is -0.0776. The molecule has 2 rings (SSSR count).